The Balaban J connectivity index is -0.000000209. The van der Waals surface area contributed by atoms with Crippen molar-refractivity contribution in [3.8, 4) is 74.1 Å². The van der Waals surface area contributed by atoms with Crippen LogP contribution in [0.25, 0.3) is 0 Å². The third kappa shape index (κ3) is 53.2. The average Bonchev–Trinajstić information content (AvgIpc) is 3.23. The zero-order valence-corrected chi connectivity index (χ0v) is 41.2. The predicted octanol–water partition coefficient (Wildman–Crippen LogP) is 11.8. The highest BCUT2D eigenvalue weighted by molar-refractivity contribution is 5.08. The molecule has 1 aliphatic rings. The lowest BCUT2D eigenvalue weighted by molar-refractivity contribution is 0.0611. The maximum absolute atomic E-state index is 9.72. The maximum atomic E-state index is 9.72. The fourth-order valence-electron chi connectivity index (χ4n) is 5.67. The molecule has 1 rings (SSSR count). The lowest BCUT2D eigenvalue weighted by atomic mass is 9.86. The standard InChI is InChI=1S/C14H26O.2C10H18O.C8H12O.C8H14O.C5H8O/c1-4-6-7-8-9-10-11-12-13-14(3,15)5-2;1-4-6-7-8-9-10(3,11)5-2;1-4-7-9-10(11,6-3)8-5-2;1-2-8(9)6-4-3-5-7-8;1-4-6-7-8(3,9)5-2;1-4-5(2,3)6/h2,15H,4,6-13H2,1,3H3;2,11H,4,6-9H2,1,3H3;3,11H,4-5,7-9H2,1-2H3;1,9H,3-7H2;2,9H,4,6-7H2,1,3H3;1,6H,2-3H3. The molecule has 0 bridgehead atoms. The van der Waals surface area contributed by atoms with Gasteiger partial charge in [0.15, 0.2) is 0 Å². The van der Waals surface area contributed by atoms with Crippen LogP contribution in [0.1, 0.15) is 243 Å². The smallest absolute Gasteiger partial charge is 0.125 e. The molecule has 0 aromatic carbocycles. The first-order chi connectivity index (χ1) is 28.4. The molecule has 0 aromatic rings. The van der Waals surface area contributed by atoms with Crippen molar-refractivity contribution in [1.82, 2.24) is 0 Å². The first kappa shape index (κ1) is 67.2. The molecule has 0 spiro atoms. The Bertz CT molecular complexity index is 1250. The largest absolute Gasteiger partial charge is 0.378 e. The van der Waals surface area contributed by atoms with E-state index in [2.05, 4.69) is 63.2 Å². The molecule has 0 aromatic heterocycles. The van der Waals surface area contributed by atoms with Crippen molar-refractivity contribution < 1.29 is 30.6 Å². The van der Waals surface area contributed by atoms with Crippen LogP contribution in [0, 0.1) is 74.1 Å². The summed E-state index contributed by atoms with van der Waals surface area (Å²) in [5, 5.41) is 55.9. The molecule has 0 amide bonds. The van der Waals surface area contributed by atoms with Gasteiger partial charge in [0, 0.05) is 0 Å². The summed E-state index contributed by atoms with van der Waals surface area (Å²) in [4.78, 5) is 0. The summed E-state index contributed by atoms with van der Waals surface area (Å²) >= 11 is 0. The van der Waals surface area contributed by atoms with Gasteiger partial charge in [-0.3, -0.25) is 0 Å². The van der Waals surface area contributed by atoms with Crippen LogP contribution in [0.15, 0.2) is 0 Å². The van der Waals surface area contributed by atoms with Crippen LogP contribution >= 0.6 is 0 Å². The second kappa shape index (κ2) is 41.1. The van der Waals surface area contributed by atoms with Gasteiger partial charge in [0.1, 0.15) is 33.6 Å². The Hall–Kier alpha value is -2.88. The molecule has 6 nitrogen and oxygen atoms in total. The van der Waals surface area contributed by atoms with Gasteiger partial charge in [-0.2, -0.15) is 0 Å². The molecule has 352 valence electrons. The second-order valence-corrected chi connectivity index (χ2v) is 17.9. The normalized spacial score (nSPS) is 16.2. The van der Waals surface area contributed by atoms with Gasteiger partial charge in [0.2, 0.25) is 0 Å². The van der Waals surface area contributed by atoms with Gasteiger partial charge >= 0.3 is 0 Å². The molecular weight excluding hydrogens is 757 g/mol. The molecule has 0 saturated heterocycles. The Morgan fingerprint density at radius 1 is 0.393 bits per heavy atom. The Morgan fingerprint density at radius 2 is 0.705 bits per heavy atom. The minimum atomic E-state index is -0.931. The van der Waals surface area contributed by atoms with Crippen molar-refractivity contribution in [3.63, 3.8) is 0 Å². The number of aliphatic hydroxyl groups is 6. The molecule has 1 fully saturated rings. The van der Waals surface area contributed by atoms with Crippen molar-refractivity contribution in [2.45, 2.75) is 276 Å². The van der Waals surface area contributed by atoms with Gasteiger partial charge in [0.05, 0.1) is 0 Å². The summed E-state index contributed by atoms with van der Waals surface area (Å²) in [5.74, 6) is 14.2. The summed E-state index contributed by atoms with van der Waals surface area (Å²) in [5.41, 5.74) is -5.16. The van der Waals surface area contributed by atoms with Gasteiger partial charge in [-0.1, -0.05) is 160 Å². The average molecular weight is 853 g/mol. The number of terminal acetylenes is 6. The minimum absolute atomic E-state index is 0.708. The van der Waals surface area contributed by atoms with Crippen molar-refractivity contribution in [2.24, 2.45) is 0 Å². The van der Waals surface area contributed by atoms with E-state index in [1.807, 2.05) is 6.92 Å². The first-order valence-corrected chi connectivity index (χ1v) is 23.6. The molecule has 61 heavy (non-hydrogen) atoms. The fourth-order valence-corrected chi connectivity index (χ4v) is 5.67. The third-order valence-electron chi connectivity index (χ3n) is 10.2. The van der Waals surface area contributed by atoms with Gasteiger partial charge in [-0.15, -0.1) is 38.5 Å². The van der Waals surface area contributed by atoms with Crippen molar-refractivity contribution in [2.75, 3.05) is 0 Å². The van der Waals surface area contributed by atoms with E-state index in [4.69, 9.17) is 43.6 Å². The topological polar surface area (TPSA) is 121 Å². The molecule has 0 aliphatic heterocycles. The second-order valence-electron chi connectivity index (χ2n) is 17.9. The highest BCUT2D eigenvalue weighted by Crippen LogP contribution is 2.26. The van der Waals surface area contributed by atoms with Crippen LogP contribution in [0.2, 0.25) is 0 Å². The van der Waals surface area contributed by atoms with E-state index < -0.39 is 33.6 Å². The summed E-state index contributed by atoms with van der Waals surface area (Å²) in [6, 6.07) is 0. The summed E-state index contributed by atoms with van der Waals surface area (Å²) < 4.78 is 0. The molecular formula is C55H96O6. The minimum Gasteiger partial charge on any atom is -0.378 e. The van der Waals surface area contributed by atoms with Crippen LogP contribution in [-0.4, -0.2) is 64.2 Å². The van der Waals surface area contributed by atoms with Crippen LogP contribution in [0.5, 0.6) is 0 Å². The Morgan fingerprint density at radius 3 is 0.984 bits per heavy atom. The summed E-state index contributed by atoms with van der Waals surface area (Å²) in [6.07, 6.45) is 59.2. The lowest BCUT2D eigenvalue weighted by Gasteiger charge is -2.26. The van der Waals surface area contributed by atoms with E-state index >= 15 is 0 Å². The van der Waals surface area contributed by atoms with Gasteiger partial charge in [0.25, 0.3) is 0 Å². The van der Waals surface area contributed by atoms with Crippen LogP contribution < -0.4 is 0 Å². The van der Waals surface area contributed by atoms with Crippen molar-refractivity contribution in [1.29, 1.82) is 0 Å². The van der Waals surface area contributed by atoms with Gasteiger partial charge in [-0.25, -0.2) is 0 Å². The van der Waals surface area contributed by atoms with Crippen LogP contribution in [0.4, 0.5) is 0 Å². The highest BCUT2D eigenvalue weighted by atomic mass is 16.3. The SMILES string of the molecule is C#CC(C)(C)O.C#CC(C)(O)CCCC.C#CC(C)(O)CCCCCC.C#CC(C)(O)CCCCCCCCCC.C#CC(O)(CCC)CCCC.C#CC1(O)CCCCC1. The molecule has 0 radical (unpaired) electrons. The number of rotatable bonds is 22. The summed E-state index contributed by atoms with van der Waals surface area (Å²) in [7, 11) is 0. The van der Waals surface area contributed by atoms with E-state index in [1.54, 1.807) is 34.6 Å². The number of hydrogen-bond acceptors (Lipinski definition) is 6. The van der Waals surface area contributed by atoms with Crippen molar-refractivity contribution in [3.05, 3.63) is 0 Å². The quantitative estimate of drug-likeness (QED) is 0.0477. The van der Waals surface area contributed by atoms with Crippen LogP contribution in [-0.2, 0) is 0 Å². The van der Waals surface area contributed by atoms with Crippen LogP contribution in [0.3, 0.4) is 0 Å². The first-order valence-electron chi connectivity index (χ1n) is 23.6. The molecule has 1 aliphatic carbocycles. The van der Waals surface area contributed by atoms with E-state index in [9.17, 15) is 25.5 Å². The monoisotopic (exact) mass is 853 g/mol. The lowest BCUT2D eigenvalue weighted by Crippen LogP contribution is -2.28. The molecule has 6 N–H and O–H groups in total. The van der Waals surface area contributed by atoms with E-state index in [1.165, 1.54) is 70.6 Å². The Kier molecular flexibility index (Phi) is 45.3. The molecule has 0 heterocycles. The molecule has 4 unspecified atom stereocenters. The zero-order chi connectivity index (χ0) is 48.3. The number of hydrogen-bond donors (Lipinski definition) is 6. The Labute approximate surface area is 379 Å². The summed E-state index contributed by atoms with van der Waals surface area (Å²) in [6.45, 7) is 18.8. The molecule has 1 saturated carbocycles. The molecule has 6 heteroatoms. The highest BCUT2D eigenvalue weighted by Gasteiger charge is 2.26. The van der Waals surface area contributed by atoms with E-state index in [0.717, 1.165) is 96.3 Å². The maximum Gasteiger partial charge on any atom is 0.125 e. The fraction of sp³-hybridized carbons (Fsp3) is 0.782. The zero-order valence-electron chi connectivity index (χ0n) is 41.2. The van der Waals surface area contributed by atoms with E-state index in [-0.39, 0.29) is 0 Å². The van der Waals surface area contributed by atoms with Crippen molar-refractivity contribution >= 4 is 0 Å². The van der Waals surface area contributed by atoms with Gasteiger partial charge in [-0.05, 0) is 118 Å². The third-order valence-corrected chi connectivity index (χ3v) is 10.2. The van der Waals surface area contributed by atoms with E-state index in [0.29, 0.717) is 6.42 Å². The molecule has 4 atom stereocenters. The predicted molar refractivity (Wildman–Crippen MR) is 264 cm³/mol. The number of unbranched alkanes of at least 4 members (excludes halogenated alkanes) is 12. The van der Waals surface area contributed by atoms with Gasteiger partial charge < -0.3 is 30.6 Å².